The Hall–Kier alpha value is -5.35. The Morgan fingerprint density at radius 3 is 2.00 bits per heavy atom. The van der Waals surface area contributed by atoms with Crippen molar-refractivity contribution in [1.29, 1.82) is 0 Å². The molecule has 4 nitrogen and oxygen atoms in total. The Balaban J connectivity index is 0.00000413. The molecule has 0 saturated heterocycles. The van der Waals surface area contributed by atoms with Crippen molar-refractivity contribution in [3.8, 4) is 33.8 Å². The molecule has 9 rings (SSSR count). The van der Waals surface area contributed by atoms with Crippen molar-refractivity contribution in [2.45, 2.75) is 39.4 Å². The van der Waals surface area contributed by atoms with E-state index in [1.165, 1.54) is 48.9 Å². The number of fused-ring (bicyclic) bond motifs is 4. The minimum absolute atomic E-state index is 0. The van der Waals surface area contributed by atoms with Crippen LogP contribution in [0.3, 0.4) is 0 Å². The third kappa shape index (κ3) is 6.06. The fourth-order valence-corrected chi connectivity index (χ4v) is 9.93. The zero-order chi connectivity index (χ0) is 36.3. The van der Waals surface area contributed by atoms with Gasteiger partial charge in [-0.05, 0) is 78.7 Å². The summed E-state index contributed by atoms with van der Waals surface area (Å²) in [5, 5.41) is 4.84. The Morgan fingerprint density at radius 2 is 1.24 bits per heavy atom. The maximum Gasteiger partial charge on any atom is 0.188 e. The smallest absolute Gasteiger partial charge is 0.188 e. The molecule has 3 aromatic heterocycles. The molecule has 0 fully saturated rings. The molecule has 0 aliphatic heterocycles. The molecule has 0 radical (unpaired) electrons. The van der Waals surface area contributed by atoms with Crippen LogP contribution >= 0.6 is 0 Å². The van der Waals surface area contributed by atoms with Crippen molar-refractivity contribution in [1.82, 2.24) is 18.7 Å². The van der Waals surface area contributed by atoms with Crippen LogP contribution in [0.2, 0.25) is 13.1 Å². The second-order valence-electron chi connectivity index (χ2n) is 15.4. The largest absolute Gasteiger partial charge is 0.319 e. The first-order valence-electron chi connectivity index (χ1n) is 18.3. The molecule has 0 atom stereocenters. The second kappa shape index (κ2) is 13.8. The van der Waals surface area contributed by atoms with Crippen LogP contribution in [0.15, 0.2) is 158 Å². The van der Waals surface area contributed by atoms with Gasteiger partial charge in [-0.2, -0.15) is 40.7 Å². The number of nitrogens with zero attached hydrogens (tertiary/aromatic N) is 4. The molecular formula is C48H41N4PtSi-. The molecular weight excluding hydrogens is 856 g/mol. The Labute approximate surface area is 332 Å². The zero-order valence-corrected chi connectivity index (χ0v) is 34.4. The maximum absolute atomic E-state index is 4.99. The van der Waals surface area contributed by atoms with Crippen LogP contribution < -0.4 is 10.4 Å². The van der Waals surface area contributed by atoms with Crippen molar-refractivity contribution in [2.75, 3.05) is 0 Å². The van der Waals surface area contributed by atoms with Gasteiger partial charge in [-0.25, -0.2) is 14.1 Å². The number of rotatable bonds is 6. The van der Waals surface area contributed by atoms with Gasteiger partial charge in [0.2, 0.25) is 0 Å². The third-order valence-corrected chi connectivity index (χ3v) is 13.9. The van der Waals surface area contributed by atoms with Crippen LogP contribution in [0.4, 0.5) is 0 Å². The van der Waals surface area contributed by atoms with Crippen LogP contribution in [0, 0.1) is 12.1 Å². The van der Waals surface area contributed by atoms with E-state index < -0.39 is 8.07 Å². The summed E-state index contributed by atoms with van der Waals surface area (Å²) in [6.07, 6.45) is 4.16. The van der Waals surface area contributed by atoms with Gasteiger partial charge in [-0.3, -0.25) is 0 Å². The minimum Gasteiger partial charge on any atom is -0.319 e. The van der Waals surface area contributed by atoms with Gasteiger partial charge in [0.05, 0.1) is 13.6 Å². The molecule has 0 spiro atoms. The SMILES string of the molecule is CC(C)(C)n1[cH+]n(-c2[c-]c([Si](C)(C)c3[c-]c4c(cc3)c3ccccc3n4-c3cc(-c4ccccc4-c4ccccc4)ccn3)ccc2)c2ccccc21.[Pt]. The molecule has 268 valence electrons. The summed E-state index contributed by atoms with van der Waals surface area (Å²) in [6, 6.07) is 59.9. The summed E-state index contributed by atoms with van der Waals surface area (Å²) >= 11 is 0. The van der Waals surface area contributed by atoms with E-state index in [0.29, 0.717) is 0 Å². The van der Waals surface area contributed by atoms with E-state index in [9.17, 15) is 0 Å². The van der Waals surface area contributed by atoms with Crippen LogP contribution in [-0.2, 0) is 26.6 Å². The molecule has 0 unspecified atom stereocenters. The van der Waals surface area contributed by atoms with Crippen molar-refractivity contribution in [2.24, 2.45) is 0 Å². The molecule has 54 heavy (non-hydrogen) atoms. The predicted octanol–water partition coefficient (Wildman–Crippen LogP) is 10.7. The Bertz CT molecular complexity index is 2810. The number of aromatic nitrogens is 4. The van der Waals surface area contributed by atoms with E-state index in [1.54, 1.807) is 0 Å². The molecule has 0 aliphatic carbocycles. The second-order valence-corrected chi connectivity index (χ2v) is 19.7. The number of hydrogen-bond acceptors (Lipinski definition) is 1. The number of imidazole rings is 1. The minimum atomic E-state index is -2.28. The van der Waals surface area contributed by atoms with E-state index in [1.807, 2.05) is 6.20 Å². The number of hydrogen-bond donors (Lipinski definition) is 0. The van der Waals surface area contributed by atoms with E-state index in [4.69, 9.17) is 4.98 Å². The van der Waals surface area contributed by atoms with Crippen molar-refractivity contribution in [3.63, 3.8) is 0 Å². The quantitative estimate of drug-likeness (QED) is 0.121. The molecule has 0 saturated carbocycles. The fraction of sp³-hybridized carbons (Fsp3) is 0.125. The molecule has 0 N–H and O–H groups in total. The van der Waals surface area contributed by atoms with Crippen LogP contribution in [0.5, 0.6) is 0 Å². The standard InChI is InChI=1S/C48H41N4Si.Pt/c1-48(2,3)51-33-50(44-24-13-14-25-45(44)51)36-18-15-19-37(31-36)53(4,5)38-26-27-42-41-22-11-12-23-43(41)52(46(42)32-38)47-30-35(28-29-49-47)40-21-10-9-20-39(40)34-16-7-6-8-17-34;/h6-30,33H,1-5H3;/q-1;. The summed E-state index contributed by atoms with van der Waals surface area (Å²) < 4.78 is 6.94. The molecule has 6 heteroatoms. The topological polar surface area (TPSA) is 27.7 Å². The fourth-order valence-electron chi connectivity index (χ4n) is 7.75. The number of para-hydroxylation sites is 3. The van der Waals surface area contributed by atoms with Crippen molar-refractivity contribution >= 4 is 51.3 Å². The Morgan fingerprint density at radius 1 is 0.593 bits per heavy atom. The first kappa shape index (κ1) is 35.7. The summed E-state index contributed by atoms with van der Waals surface area (Å²) in [7, 11) is -2.28. The normalized spacial score (nSPS) is 12.0. The van der Waals surface area contributed by atoms with Gasteiger partial charge in [-0.15, -0.1) is 17.5 Å². The Kier molecular flexibility index (Phi) is 9.12. The summed E-state index contributed by atoms with van der Waals surface area (Å²) in [5.41, 5.74) is 10.3. The first-order valence-corrected chi connectivity index (χ1v) is 21.3. The summed E-state index contributed by atoms with van der Waals surface area (Å²) in [5.74, 6) is 0.879. The van der Waals surface area contributed by atoms with Gasteiger partial charge in [-0.1, -0.05) is 91.4 Å². The van der Waals surface area contributed by atoms with Gasteiger partial charge in [0, 0.05) is 50.6 Å². The van der Waals surface area contributed by atoms with E-state index in [2.05, 4.69) is 212 Å². The van der Waals surface area contributed by atoms with Crippen LogP contribution in [-0.4, -0.2) is 26.8 Å². The van der Waals surface area contributed by atoms with Crippen molar-refractivity contribution in [3.05, 3.63) is 170 Å². The zero-order valence-electron chi connectivity index (χ0n) is 31.1. The summed E-state index contributed by atoms with van der Waals surface area (Å²) in [6.45, 7) is 11.6. The molecule has 0 amide bonds. The van der Waals surface area contributed by atoms with E-state index in [0.717, 1.165) is 28.1 Å². The van der Waals surface area contributed by atoms with E-state index >= 15 is 0 Å². The molecule has 3 heterocycles. The first-order chi connectivity index (χ1) is 25.7. The van der Waals surface area contributed by atoms with Gasteiger partial charge < -0.3 is 4.57 Å². The average Bonchev–Trinajstić information content (AvgIpc) is 3.75. The molecule has 6 aromatic carbocycles. The molecule has 9 aromatic rings. The van der Waals surface area contributed by atoms with Crippen LogP contribution in [0.1, 0.15) is 20.8 Å². The molecule has 0 aliphatic rings. The van der Waals surface area contributed by atoms with Gasteiger partial charge in [0.15, 0.2) is 17.4 Å². The molecule has 0 bridgehead atoms. The average molecular weight is 897 g/mol. The van der Waals surface area contributed by atoms with Gasteiger partial charge in [0.25, 0.3) is 0 Å². The monoisotopic (exact) mass is 896 g/mol. The number of benzene rings is 6. The predicted molar refractivity (Wildman–Crippen MR) is 225 cm³/mol. The van der Waals surface area contributed by atoms with Crippen LogP contribution in [0.25, 0.3) is 66.6 Å². The number of pyridine rings is 1. The summed E-state index contributed by atoms with van der Waals surface area (Å²) in [4.78, 5) is 4.99. The van der Waals surface area contributed by atoms with Gasteiger partial charge in [0.1, 0.15) is 5.82 Å². The van der Waals surface area contributed by atoms with Crippen molar-refractivity contribution < 1.29 is 21.1 Å². The third-order valence-electron chi connectivity index (χ3n) is 10.6. The van der Waals surface area contributed by atoms with Gasteiger partial charge >= 0.3 is 0 Å². The van der Waals surface area contributed by atoms with E-state index in [-0.39, 0.29) is 26.6 Å². The maximum atomic E-state index is 4.99.